The van der Waals surface area contributed by atoms with E-state index in [9.17, 15) is 4.79 Å². The van der Waals surface area contributed by atoms with Gasteiger partial charge >= 0.3 is 0 Å². The molecule has 1 rings (SSSR count). The third-order valence-electron chi connectivity index (χ3n) is 0.892. The molecular weight excluding hydrogens is 236 g/mol. The van der Waals surface area contributed by atoms with Crippen molar-refractivity contribution in [3.63, 3.8) is 0 Å². The maximum absolute atomic E-state index is 9.88. The van der Waals surface area contributed by atoms with Crippen molar-refractivity contribution in [3.05, 3.63) is 35.9 Å². The van der Waals surface area contributed by atoms with E-state index in [1.54, 1.807) is 30.6 Å². The Labute approximate surface area is 108 Å². The normalized spacial score (nSPS) is 6.08. The van der Waals surface area contributed by atoms with Crippen molar-refractivity contribution in [2.75, 3.05) is 0 Å². The van der Waals surface area contributed by atoms with E-state index >= 15 is 0 Å². The third-order valence-corrected chi connectivity index (χ3v) is 0.892. The van der Waals surface area contributed by atoms with Gasteiger partial charge in [-0.2, -0.15) is 17.7 Å². The topological polar surface area (TPSA) is 17.1 Å². The summed E-state index contributed by atoms with van der Waals surface area (Å²) in [7, 11) is 4.50. The van der Waals surface area contributed by atoms with Gasteiger partial charge in [-0.15, -0.1) is 12.1 Å². The molecule has 0 spiro atoms. The number of benzene rings is 1. The predicted octanol–water partition coefficient (Wildman–Crippen LogP) is 2.37. The smallest absolute Gasteiger partial charge is 0.0627 e. The molecule has 0 atom stereocenters. The second-order valence-corrected chi connectivity index (χ2v) is 1.47. The van der Waals surface area contributed by atoms with E-state index in [1.165, 1.54) is 6.82 Å². The van der Waals surface area contributed by atoms with Gasteiger partial charge in [0.05, 0.1) is 14.1 Å². The van der Waals surface area contributed by atoms with Crippen LogP contribution in [0.2, 0.25) is 6.82 Å². The molecule has 0 unspecified atom stereocenters. The first-order chi connectivity index (χ1) is 5.93. The van der Waals surface area contributed by atoms with Crippen LogP contribution < -0.4 is 0 Å². The summed E-state index contributed by atoms with van der Waals surface area (Å²) in [5.74, 6) is 0. The molecule has 0 saturated heterocycles. The average Bonchev–Trinajstić information content (AvgIpc) is 2.25. The van der Waals surface area contributed by atoms with Crippen LogP contribution in [0.25, 0.3) is 0 Å². The molecule has 1 nitrogen and oxygen atoms in total. The molecule has 0 amide bonds. The summed E-state index contributed by atoms with van der Waals surface area (Å²) >= 11 is 0. The molecule has 0 fully saturated rings. The predicted molar refractivity (Wildman–Crippen MR) is 54.2 cm³/mol. The van der Waals surface area contributed by atoms with E-state index < -0.39 is 0 Å². The van der Waals surface area contributed by atoms with Gasteiger partial charge in [-0.3, -0.25) is 0 Å². The van der Waals surface area contributed by atoms with Crippen molar-refractivity contribution < 1.29 is 37.5 Å². The molecule has 0 bridgehead atoms. The fraction of sp³-hybridized carbons (Fsp3) is 0.300. The van der Waals surface area contributed by atoms with Gasteiger partial charge in [0.2, 0.25) is 0 Å². The monoisotopic (exact) mass is 250 g/mol. The molecule has 0 aliphatic carbocycles. The van der Waals surface area contributed by atoms with Gasteiger partial charge in [-0.1, -0.05) is 26.7 Å². The zero-order chi connectivity index (χ0) is 9.82. The molecular formula is C10H14BOY-. The average molecular weight is 250 g/mol. The zero-order valence-electron chi connectivity index (χ0n) is 8.45. The van der Waals surface area contributed by atoms with Crippen LogP contribution in [0.5, 0.6) is 0 Å². The van der Waals surface area contributed by atoms with Crippen LogP contribution in [0.3, 0.4) is 0 Å². The Balaban J connectivity index is -0.000000178. The molecule has 0 heterocycles. The zero-order valence-corrected chi connectivity index (χ0v) is 11.3. The molecule has 1 aromatic carbocycles. The van der Waals surface area contributed by atoms with Gasteiger partial charge in [0, 0.05) is 32.7 Å². The SMILES string of the molecule is CC.O=[C-]c1ccccc1.[B]C.[Y]. The van der Waals surface area contributed by atoms with Gasteiger partial charge in [0.1, 0.15) is 0 Å². The van der Waals surface area contributed by atoms with E-state index in [-0.39, 0.29) is 32.7 Å². The minimum Gasteiger partial charge on any atom is -0.376 e. The van der Waals surface area contributed by atoms with Crippen LogP contribution in [0.1, 0.15) is 19.4 Å². The van der Waals surface area contributed by atoms with E-state index in [1.807, 2.05) is 19.9 Å². The first-order valence-corrected chi connectivity index (χ1v) is 3.94. The van der Waals surface area contributed by atoms with E-state index in [2.05, 4.69) is 7.85 Å². The van der Waals surface area contributed by atoms with Gasteiger partial charge in [-0.05, 0) is 0 Å². The standard InChI is InChI=1S/C7H5O.C2H6.CH3B.Y/c8-6-7-4-2-1-3-5-7;2*1-2;/h1-5H;1-2H3;1H3;/q-1;;;. The first kappa shape index (κ1) is 18.8. The number of carbonyl (C=O) groups excluding carboxylic acids is 1. The number of hydrogen-bond donors (Lipinski definition) is 0. The molecule has 3 heteroatoms. The van der Waals surface area contributed by atoms with Crippen LogP contribution in [0.15, 0.2) is 30.3 Å². The Morgan fingerprint density at radius 2 is 1.46 bits per heavy atom. The van der Waals surface area contributed by atoms with Crippen LogP contribution in [-0.2, 0) is 37.5 Å². The summed E-state index contributed by atoms with van der Waals surface area (Å²) in [6.07, 6.45) is 1.78. The van der Waals surface area contributed by atoms with Crippen molar-refractivity contribution in [2.45, 2.75) is 20.7 Å². The van der Waals surface area contributed by atoms with Gasteiger partial charge < -0.3 is 4.79 Å². The fourth-order valence-corrected chi connectivity index (χ4v) is 0.506. The summed E-state index contributed by atoms with van der Waals surface area (Å²) in [6, 6.07) is 8.90. The summed E-state index contributed by atoms with van der Waals surface area (Å²) in [6.45, 7) is 5.50. The largest absolute Gasteiger partial charge is 0.376 e. The molecule has 0 N–H and O–H groups in total. The quantitative estimate of drug-likeness (QED) is 0.552. The third kappa shape index (κ3) is 12.1. The summed E-state index contributed by atoms with van der Waals surface area (Å²) in [4.78, 5) is 9.88. The van der Waals surface area contributed by atoms with Crippen molar-refractivity contribution >= 4 is 14.1 Å². The van der Waals surface area contributed by atoms with Crippen molar-refractivity contribution in [1.82, 2.24) is 0 Å². The van der Waals surface area contributed by atoms with Crippen LogP contribution >= 0.6 is 0 Å². The second kappa shape index (κ2) is 18.0. The molecule has 0 aliphatic rings. The Morgan fingerprint density at radius 1 is 1.08 bits per heavy atom. The number of rotatable bonds is 1. The molecule has 0 aliphatic heterocycles. The van der Waals surface area contributed by atoms with Crippen LogP contribution in [0, 0.1) is 0 Å². The van der Waals surface area contributed by atoms with Crippen molar-refractivity contribution in [3.8, 4) is 0 Å². The first-order valence-electron chi connectivity index (χ1n) is 3.94. The minimum atomic E-state index is 0. The molecule has 3 radical (unpaired) electrons. The summed E-state index contributed by atoms with van der Waals surface area (Å²) < 4.78 is 0. The Kier molecular flexibility index (Phi) is 25.9. The Morgan fingerprint density at radius 3 is 1.69 bits per heavy atom. The minimum absolute atomic E-state index is 0. The van der Waals surface area contributed by atoms with E-state index in [4.69, 9.17) is 0 Å². The molecule has 13 heavy (non-hydrogen) atoms. The summed E-state index contributed by atoms with van der Waals surface area (Å²) in [5, 5.41) is 0. The Bertz CT molecular complexity index is 178. The van der Waals surface area contributed by atoms with Crippen molar-refractivity contribution in [1.29, 1.82) is 0 Å². The Hall–Kier alpha value is 0.0588. The van der Waals surface area contributed by atoms with Gasteiger partial charge in [0.15, 0.2) is 0 Å². The van der Waals surface area contributed by atoms with Crippen LogP contribution in [-0.4, -0.2) is 14.1 Å². The van der Waals surface area contributed by atoms with Crippen LogP contribution in [0.4, 0.5) is 0 Å². The van der Waals surface area contributed by atoms with Gasteiger partial charge in [0.25, 0.3) is 0 Å². The molecule has 1 aromatic rings. The summed E-state index contributed by atoms with van der Waals surface area (Å²) in [5.41, 5.74) is 0.604. The molecule has 67 valence electrons. The molecule has 0 saturated carbocycles. The van der Waals surface area contributed by atoms with Gasteiger partial charge in [-0.25, -0.2) is 0 Å². The van der Waals surface area contributed by atoms with E-state index in [0.29, 0.717) is 5.56 Å². The maximum atomic E-state index is 9.88. The molecule has 0 aromatic heterocycles. The fourth-order valence-electron chi connectivity index (χ4n) is 0.506. The van der Waals surface area contributed by atoms with E-state index in [0.717, 1.165) is 0 Å². The second-order valence-electron chi connectivity index (χ2n) is 1.47. The maximum Gasteiger partial charge on any atom is 0.0627 e. The van der Waals surface area contributed by atoms with Crippen molar-refractivity contribution in [2.24, 2.45) is 0 Å². The number of hydrogen-bond acceptors (Lipinski definition) is 1.